The summed E-state index contributed by atoms with van der Waals surface area (Å²) in [6, 6.07) is 14.4. The molecule has 2 atom stereocenters. The van der Waals surface area contributed by atoms with Crippen LogP contribution in [0.25, 0.3) is 28.2 Å². The predicted molar refractivity (Wildman–Crippen MR) is 157 cm³/mol. The molecule has 0 saturated carbocycles. The van der Waals surface area contributed by atoms with Crippen LogP contribution in [0.3, 0.4) is 0 Å². The highest BCUT2D eigenvalue weighted by Crippen LogP contribution is 2.34. The summed E-state index contributed by atoms with van der Waals surface area (Å²) < 4.78 is 4.91. The summed E-state index contributed by atoms with van der Waals surface area (Å²) in [5.41, 5.74) is 4.80. The van der Waals surface area contributed by atoms with E-state index in [4.69, 9.17) is 23.2 Å². The predicted octanol–water partition coefficient (Wildman–Crippen LogP) is 5.55. The normalized spacial score (nSPS) is 17.3. The number of hydrogen-bond donors (Lipinski definition) is 1. The van der Waals surface area contributed by atoms with E-state index in [1.807, 2.05) is 38.2 Å². The van der Waals surface area contributed by atoms with Crippen LogP contribution in [-0.2, 0) is 11.8 Å². The molecule has 1 aliphatic rings. The number of nitrogens with zero attached hydrogens (tertiary/aromatic N) is 7. The third-order valence-corrected chi connectivity index (χ3v) is 7.83. The Morgan fingerprint density at radius 3 is 2.68 bits per heavy atom. The van der Waals surface area contributed by atoms with Crippen LogP contribution in [0.2, 0.25) is 10.2 Å². The van der Waals surface area contributed by atoms with E-state index in [0.29, 0.717) is 40.5 Å². The number of aryl methyl sites for hydroxylation is 1. The summed E-state index contributed by atoms with van der Waals surface area (Å²) in [5, 5.41) is 16.1. The Bertz CT molecular complexity index is 1830. The molecule has 1 amide bonds. The third-order valence-electron chi connectivity index (χ3n) is 7.42. The minimum absolute atomic E-state index is 0.0540. The first-order valence-electron chi connectivity index (χ1n) is 13.2. The topological polar surface area (TPSA) is 113 Å². The molecule has 0 aliphatic carbocycles. The maximum absolute atomic E-state index is 13.7. The summed E-state index contributed by atoms with van der Waals surface area (Å²) in [7, 11) is 1.84. The van der Waals surface area contributed by atoms with E-state index < -0.39 is 0 Å². The summed E-state index contributed by atoms with van der Waals surface area (Å²) in [6.07, 6.45) is 6.88. The van der Waals surface area contributed by atoms with Crippen LogP contribution in [0.4, 0.5) is 5.69 Å². The van der Waals surface area contributed by atoms with Crippen molar-refractivity contribution in [2.45, 2.75) is 32.2 Å². The fourth-order valence-corrected chi connectivity index (χ4v) is 5.60. The molecule has 0 saturated heterocycles. The molecule has 6 rings (SSSR count). The van der Waals surface area contributed by atoms with E-state index in [2.05, 4.69) is 25.7 Å². The molecule has 4 heterocycles. The monoisotopic (exact) mass is 588 g/mol. The van der Waals surface area contributed by atoms with Gasteiger partial charge in [0.1, 0.15) is 0 Å². The number of halogens is 2. The summed E-state index contributed by atoms with van der Waals surface area (Å²) in [4.78, 5) is 31.3. The zero-order valence-electron chi connectivity index (χ0n) is 22.3. The number of anilines is 1. The van der Waals surface area contributed by atoms with Crippen molar-refractivity contribution in [1.82, 2.24) is 34.3 Å². The van der Waals surface area contributed by atoms with Crippen molar-refractivity contribution < 1.29 is 4.79 Å². The molecule has 0 fully saturated rings. The Labute approximate surface area is 245 Å². The minimum Gasteiger partial charge on any atom is -0.323 e. The molecule has 0 radical (unpaired) electrons. The Morgan fingerprint density at radius 1 is 1.05 bits per heavy atom. The molecule has 41 heavy (non-hydrogen) atoms. The van der Waals surface area contributed by atoms with Gasteiger partial charge in [-0.3, -0.25) is 18.8 Å². The van der Waals surface area contributed by atoms with Crippen molar-refractivity contribution >= 4 is 34.8 Å². The lowest BCUT2D eigenvalue weighted by Gasteiger charge is -2.23. The van der Waals surface area contributed by atoms with Crippen molar-refractivity contribution in [2.24, 2.45) is 13.0 Å². The van der Waals surface area contributed by atoms with Crippen LogP contribution in [-0.4, -0.2) is 40.2 Å². The van der Waals surface area contributed by atoms with E-state index in [9.17, 15) is 9.59 Å². The zero-order valence-corrected chi connectivity index (χ0v) is 23.8. The van der Waals surface area contributed by atoms with Gasteiger partial charge in [-0.1, -0.05) is 60.0 Å². The largest absolute Gasteiger partial charge is 0.323 e. The average molecular weight is 589 g/mol. The van der Waals surface area contributed by atoms with Crippen molar-refractivity contribution in [3.63, 3.8) is 0 Å². The van der Waals surface area contributed by atoms with Gasteiger partial charge in [0.05, 0.1) is 47.5 Å². The second-order valence-electron chi connectivity index (χ2n) is 10.2. The first-order chi connectivity index (χ1) is 19.8. The number of carbonyl (C=O) groups is 1. The van der Waals surface area contributed by atoms with Gasteiger partial charge in [-0.2, -0.15) is 5.10 Å². The van der Waals surface area contributed by atoms with Gasteiger partial charge in [0.25, 0.3) is 5.56 Å². The molecule has 12 heteroatoms. The maximum Gasteiger partial charge on any atom is 0.254 e. The number of amides is 1. The lowest BCUT2D eigenvalue weighted by molar-refractivity contribution is -0.119. The number of aromatic nitrogens is 7. The lowest BCUT2D eigenvalue weighted by atomic mass is 9.94. The van der Waals surface area contributed by atoms with Gasteiger partial charge in [0, 0.05) is 35.2 Å². The van der Waals surface area contributed by atoms with Crippen LogP contribution < -0.4 is 10.9 Å². The number of hydrogen-bond acceptors (Lipinski definition) is 6. The Kier molecular flexibility index (Phi) is 7.19. The molecule has 5 aromatic rings. The molecule has 2 aromatic carbocycles. The molecule has 3 aromatic heterocycles. The van der Waals surface area contributed by atoms with E-state index >= 15 is 0 Å². The lowest BCUT2D eigenvalue weighted by Crippen LogP contribution is -2.26. The fraction of sp³-hybridized carbons (Fsp3) is 0.241. The molecule has 10 nitrogen and oxygen atoms in total. The first-order valence-corrected chi connectivity index (χ1v) is 13.9. The van der Waals surface area contributed by atoms with Crippen LogP contribution >= 0.6 is 23.2 Å². The quantitative estimate of drug-likeness (QED) is 0.296. The van der Waals surface area contributed by atoms with E-state index in [-0.39, 0.29) is 28.6 Å². The van der Waals surface area contributed by atoms with Crippen molar-refractivity contribution in [3.8, 4) is 28.2 Å². The Balaban J connectivity index is 1.44. The first kappa shape index (κ1) is 26.9. The van der Waals surface area contributed by atoms with Crippen molar-refractivity contribution in [2.75, 3.05) is 5.32 Å². The second kappa shape index (κ2) is 10.9. The van der Waals surface area contributed by atoms with Gasteiger partial charge >= 0.3 is 0 Å². The maximum atomic E-state index is 13.7. The number of fused-ring (bicyclic) bond motifs is 4. The number of benzene rings is 2. The van der Waals surface area contributed by atoms with Gasteiger partial charge in [0.2, 0.25) is 5.91 Å². The summed E-state index contributed by atoms with van der Waals surface area (Å²) in [5.74, 6) is -0.257. The van der Waals surface area contributed by atoms with Gasteiger partial charge in [0.15, 0.2) is 5.15 Å². The van der Waals surface area contributed by atoms with Crippen molar-refractivity contribution in [1.29, 1.82) is 0 Å². The smallest absolute Gasteiger partial charge is 0.254 e. The van der Waals surface area contributed by atoms with Crippen LogP contribution in [0.15, 0.2) is 72.0 Å². The van der Waals surface area contributed by atoms with Crippen LogP contribution in [0.1, 0.15) is 37.8 Å². The second-order valence-corrected chi connectivity index (χ2v) is 11.0. The SMILES string of the molecule is C[C@@H]1CCC[C@H](n2cnc(-c3cc(Cl)ccc3-n3cc(Cl)nn3)cc2=O)c2cccc(c2)-c2c(cnn2C)NC1=O. The Morgan fingerprint density at radius 2 is 1.90 bits per heavy atom. The molecule has 1 N–H and O–H groups in total. The number of carbonyl (C=O) groups excluding carboxylic acids is 1. The molecule has 208 valence electrons. The van der Waals surface area contributed by atoms with Gasteiger partial charge in [-0.25, -0.2) is 9.67 Å². The summed E-state index contributed by atoms with van der Waals surface area (Å²) >= 11 is 12.3. The minimum atomic E-state index is -0.289. The molecular weight excluding hydrogens is 563 g/mol. The average Bonchev–Trinajstić information content (AvgIpc) is 3.55. The van der Waals surface area contributed by atoms with Crippen molar-refractivity contribution in [3.05, 3.63) is 93.3 Å². The number of nitrogens with one attached hydrogen (secondary N) is 1. The number of rotatable bonds is 3. The Hall–Kier alpha value is -4.28. The molecule has 2 bridgehead atoms. The molecule has 0 spiro atoms. The highest BCUT2D eigenvalue weighted by molar-refractivity contribution is 6.31. The molecule has 0 unspecified atom stereocenters. The van der Waals surface area contributed by atoms with E-state index in [1.165, 1.54) is 10.7 Å². The highest BCUT2D eigenvalue weighted by atomic mass is 35.5. The molecular formula is C29H26Cl2N8O2. The zero-order chi connectivity index (χ0) is 28.7. The van der Waals surface area contributed by atoms with Gasteiger partial charge < -0.3 is 5.32 Å². The van der Waals surface area contributed by atoms with Gasteiger partial charge in [-0.15, -0.1) is 5.10 Å². The summed E-state index contributed by atoms with van der Waals surface area (Å²) in [6.45, 7) is 1.92. The van der Waals surface area contributed by atoms with Crippen LogP contribution in [0.5, 0.6) is 0 Å². The fourth-order valence-electron chi connectivity index (χ4n) is 5.30. The highest BCUT2D eigenvalue weighted by Gasteiger charge is 2.23. The standard InChI is InChI=1S/C29H26Cl2N8O2/c1-17-5-3-8-24(18-6-4-7-19(11-18)28-23(34-29(17)41)14-33-37(28)2)38-16-32-22(13-27(38)40)21-12-20(30)9-10-25(21)39-15-26(31)35-36-39/h4,6-7,9-17,24H,3,5,8H2,1-2H3,(H,34,41)/t17-,24+/m1/s1. The van der Waals surface area contributed by atoms with E-state index in [1.54, 1.807) is 46.2 Å². The van der Waals surface area contributed by atoms with E-state index in [0.717, 1.165) is 23.2 Å². The molecule has 1 aliphatic heterocycles. The third kappa shape index (κ3) is 5.28. The van der Waals surface area contributed by atoms with Crippen LogP contribution in [0, 0.1) is 5.92 Å². The van der Waals surface area contributed by atoms with Gasteiger partial charge in [-0.05, 0) is 42.7 Å².